The second kappa shape index (κ2) is 13.0. The van der Waals surface area contributed by atoms with E-state index in [-0.39, 0.29) is 30.5 Å². The molecule has 13 heteroatoms. The molecule has 3 heterocycles. The lowest BCUT2D eigenvalue weighted by Crippen LogP contribution is -2.46. The molecule has 44 heavy (non-hydrogen) atoms. The molecule has 0 unspecified atom stereocenters. The molecule has 0 spiro atoms. The third-order valence-corrected chi connectivity index (χ3v) is 7.68. The molecular weight excluding hydrogens is 564 g/mol. The lowest BCUT2D eigenvalue weighted by molar-refractivity contribution is -0.111. The van der Waals surface area contributed by atoms with E-state index in [1.807, 2.05) is 0 Å². The van der Waals surface area contributed by atoms with Crippen LogP contribution >= 0.6 is 0 Å². The third kappa shape index (κ3) is 6.57. The van der Waals surface area contributed by atoms with E-state index in [0.29, 0.717) is 39.9 Å². The topological polar surface area (TPSA) is 141 Å². The molecule has 2 aromatic carbocycles. The van der Waals surface area contributed by atoms with Crippen molar-refractivity contribution in [2.75, 3.05) is 61.8 Å². The highest BCUT2D eigenvalue weighted by Gasteiger charge is 2.31. The van der Waals surface area contributed by atoms with Crippen molar-refractivity contribution in [1.29, 1.82) is 0 Å². The van der Waals surface area contributed by atoms with Gasteiger partial charge in [0.25, 0.3) is 5.91 Å². The number of urea groups is 1. The zero-order valence-corrected chi connectivity index (χ0v) is 25.2. The Balaban J connectivity index is 1.38. The van der Waals surface area contributed by atoms with E-state index in [0.717, 1.165) is 37.6 Å². The van der Waals surface area contributed by atoms with Crippen LogP contribution in [0.3, 0.4) is 0 Å². The molecule has 0 saturated carbocycles. The minimum atomic E-state index is -0.438. The maximum atomic E-state index is 13.4. The van der Waals surface area contributed by atoms with Crippen molar-refractivity contribution in [2.45, 2.75) is 25.4 Å². The molecule has 0 atom stereocenters. The highest BCUT2D eigenvalue weighted by Crippen LogP contribution is 2.35. The van der Waals surface area contributed by atoms with E-state index in [4.69, 9.17) is 9.47 Å². The lowest BCUT2D eigenvalue weighted by Gasteiger charge is -2.34. The van der Waals surface area contributed by atoms with Crippen LogP contribution in [0.5, 0.6) is 11.5 Å². The molecule has 5 rings (SSSR count). The Kier molecular flexibility index (Phi) is 8.95. The number of hydrogen-bond acceptors (Lipinski definition) is 9. The average Bonchev–Trinajstić information content (AvgIpc) is 3.04. The molecule has 1 aromatic heterocycles. The molecule has 1 saturated heterocycles. The van der Waals surface area contributed by atoms with Gasteiger partial charge in [-0.3, -0.25) is 19.4 Å². The van der Waals surface area contributed by atoms with Gasteiger partial charge in [-0.25, -0.2) is 9.78 Å². The SMILES string of the molecule is C=CC(=O)Nc1cc(C(=O)NC2CCN(C)CC2)ccc1Nc1ncc2c(n1)N(C)C(=O)N(c1cc(OC)cc(OC)c1)C2. The first-order valence-corrected chi connectivity index (χ1v) is 14.2. The zero-order chi connectivity index (χ0) is 31.4. The first kappa shape index (κ1) is 30.3. The van der Waals surface area contributed by atoms with E-state index in [9.17, 15) is 14.4 Å². The lowest BCUT2D eigenvalue weighted by atomic mass is 10.0. The first-order chi connectivity index (χ1) is 21.2. The number of amides is 4. The van der Waals surface area contributed by atoms with Crippen molar-refractivity contribution in [2.24, 2.45) is 0 Å². The Morgan fingerprint density at radius 3 is 2.39 bits per heavy atom. The quantitative estimate of drug-likeness (QED) is 0.313. The summed E-state index contributed by atoms with van der Waals surface area (Å²) in [6.07, 6.45) is 4.54. The predicted molar refractivity (Wildman–Crippen MR) is 168 cm³/mol. The van der Waals surface area contributed by atoms with Gasteiger partial charge in [-0.05, 0) is 57.3 Å². The molecule has 2 aliphatic heterocycles. The van der Waals surface area contributed by atoms with E-state index in [1.54, 1.807) is 68.8 Å². The number of nitrogens with one attached hydrogen (secondary N) is 3. The van der Waals surface area contributed by atoms with Crippen molar-refractivity contribution in [3.8, 4) is 11.5 Å². The molecule has 3 N–H and O–H groups in total. The number of ether oxygens (including phenoxy) is 2. The van der Waals surface area contributed by atoms with Gasteiger partial charge in [0.05, 0.1) is 37.8 Å². The summed E-state index contributed by atoms with van der Waals surface area (Å²) >= 11 is 0. The van der Waals surface area contributed by atoms with Crippen LogP contribution in [0.25, 0.3) is 0 Å². The Bertz CT molecular complexity index is 1560. The summed E-state index contributed by atoms with van der Waals surface area (Å²) in [5.74, 6) is 1.10. The molecule has 2 aliphatic rings. The fraction of sp³-hybridized carbons (Fsp3) is 0.323. The van der Waals surface area contributed by atoms with Gasteiger partial charge in [0, 0.05) is 48.6 Å². The number of piperidine rings is 1. The molecule has 1 fully saturated rings. The number of likely N-dealkylation sites (tertiary alicyclic amines) is 1. The molecule has 0 bridgehead atoms. The zero-order valence-electron chi connectivity index (χ0n) is 25.2. The number of carbonyl (C=O) groups is 3. The smallest absolute Gasteiger partial charge is 0.330 e. The minimum Gasteiger partial charge on any atom is -0.497 e. The van der Waals surface area contributed by atoms with Crippen LogP contribution < -0.4 is 35.2 Å². The van der Waals surface area contributed by atoms with Crippen LogP contribution in [0.4, 0.5) is 33.6 Å². The summed E-state index contributed by atoms with van der Waals surface area (Å²) < 4.78 is 10.7. The second-order valence-corrected chi connectivity index (χ2v) is 10.7. The monoisotopic (exact) mass is 600 g/mol. The maximum absolute atomic E-state index is 13.4. The number of methoxy groups -OCH3 is 2. The first-order valence-electron chi connectivity index (χ1n) is 14.2. The standard InChI is InChI=1S/C31H36N8O5/c1-6-27(40)34-26-13-19(29(41)33-21-9-11-37(2)12-10-21)7-8-25(26)35-30-32-17-20-18-39(31(42)38(3)28(20)36-30)22-14-23(43-4)16-24(15-22)44-5/h6-8,13-17,21H,1,9-12,18H2,2-5H3,(H,33,41)(H,34,40)(H,32,35,36). The van der Waals surface area contributed by atoms with Gasteiger partial charge < -0.3 is 30.3 Å². The number of nitrogens with zero attached hydrogens (tertiary/aromatic N) is 5. The highest BCUT2D eigenvalue weighted by atomic mass is 16.5. The fourth-order valence-corrected chi connectivity index (χ4v) is 5.14. The number of carbonyl (C=O) groups excluding carboxylic acids is 3. The van der Waals surface area contributed by atoms with E-state index >= 15 is 0 Å². The van der Waals surface area contributed by atoms with E-state index in [2.05, 4.69) is 44.4 Å². The maximum Gasteiger partial charge on any atom is 0.330 e. The van der Waals surface area contributed by atoms with Crippen molar-refractivity contribution >= 4 is 46.7 Å². The van der Waals surface area contributed by atoms with Crippen molar-refractivity contribution in [3.63, 3.8) is 0 Å². The normalized spacial score (nSPS) is 15.3. The van der Waals surface area contributed by atoms with Crippen molar-refractivity contribution in [3.05, 3.63) is 66.4 Å². The van der Waals surface area contributed by atoms with Crippen LogP contribution in [0.2, 0.25) is 0 Å². The van der Waals surface area contributed by atoms with Gasteiger partial charge in [-0.2, -0.15) is 4.98 Å². The highest BCUT2D eigenvalue weighted by molar-refractivity contribution is 6.06. The second-order valence-electron chi connectivity index (χ2n) is 10.7. The van der Waals surface area contributed by atoms with Gasteiger partial charge in [0.15, 0.2) is 0 Å². The molecule has 3 aromatic rings. The summed E-state index contributed by atoms with van der Waals surface area (Å²) in [5, 5.41) is 8.96. The number of rotatable bonds is 9. The fourth-order valence-electron chi connectivity index (χ4n) is 5.14. The molecule has 230 valence electrons. The van der Waals surface area contributed by atoms with Gasteiger partial charge in [-0.15, -0.1) is 0 Å². The Morgan fingerprint density at radius 2 is 1.73 bits per heavy atom. The number of hydrogen-bond donors (Lipinski definition) is 3. The van der Waals surface area contributed by atoms with Crippen LogP contribution in [-0.2, 0) is 11.3 Å². The third-order valence-electron chi connectivity index (χ3n) is 7.68. The molecular formula is C31H36N8O5. The van der Waals surface area contributed by atoms with Crippen molar-refractivity contribution < 1.29 is 23.9 Å². The predicted octanol–water partition coefficient (Wildman–Crippen LogP) is 3.76. The van der Waals surface area contributed by atoms with Crippen LogP contribution in [0, 0.1) is 0 Å². The minimum absolute atomic E-state index is 0.0909. The number of anilines is 5. The van der Waals surface area contributed by atoms with Gasteiger partial charge in [0.2, 0.25) is 11.9 Å². The molecule has 4 amide bonds. The summed E-state index contributed by atoms with van der Waals surface area (Å²) in [6, 6.07) is 9.99. The Hall–Kier alpha value is -5.17. The van der Waals surface area contributed by atoms with Gasteiger partial charge >= 0.3 is 6.03 Å². The van der Waals surface area contributed by atoms with Crippen LogP contribution in [0.1, 0.15) is 28.8 Å². The van der Waals surface area contributed by atoms with Crippen LogP contribution in [0.15, 0.2) is 55.3 Å². The van der Waals surface area contributed by atoms with Gasteiger partial charge in [-0.1, -0.05) is 6.58 Å². The molecule has 0 aliphatic carbocycles. The summed E-state index contributed by atoms with van der Waals surface area (Å²) in [6.45, 7) is 5.60. The van der Waals surface area contributed by atoms with E-state index < -0.39 is 5.91 Å². The van der Waals surface area contributed by atoms with E-state index in [1.165, 1.54) is 4.90 Å². The van der Waals surface area contributed by atoms with Crippen molar-refractivity contribution in [1.82, 2.24) is 20.2 Å². The number of aromatic nitrogens is 2. The number of benzene rings is 2. The Morgan fingerprint density at radius 1 is 1.02 bits per heavy atom. The van der Waals surface area contributed by atoms with Gasteiger partial charge in [0.1, 0.15) is 17.3 Å². The molecule has 13 nitrogen and oxygen atoms in total. The summed E-state index contributed by atoms with van der Waals surface area (Å²) in [5.41, 5.74) is 2.55. The largest absolute Gasteiger partial charge is 0.497 e. The van der Waals surface area contributed by atoms with Crippen LogP contribution in [-0.4, -0.2) is 80.2 Å². The summed E-state index contributed by atoms with van der Waals surface area (Å²) in [7, 11) is 6.80. The number of fused-ring (bicyclic) bond motifs is 1. The molecule has 0 radical (unpaired) electrons. The Labute approximate surface area is 255 Å². The average molecular weight is 601 g/mol. The summed E-state index contributed by atoms with van der Waals surface area (Å²) in [4.78, 5) is 53.1.